The zero-order chi connectivity index (χ0) is 18.6. The van der Waals surface area contributed by atoms with Crippen molar-refractivity contribution in [3.05, 3.63) is 77.0 Å². The highest BCUT2D eigenvalue weighted by Gasteiger charge is 2.25. The van der Waals surface area contributed by atoms with E-state index in [0.29, 0.717) is 17.1 Å². The van der Waals surface area contributed by atoms with Crippen LogP contribution in [0, 0.1) is 0 Å². The van der Waals surface area contributed by atoms with Gasteiger partial charge in [0.05, 0.1) is 12.8 Å². The highest BCUT2D eigenvalue weighted by Crippen LogP contribution is 2.27. The minimum atomic E-state index is -0.189. The number of amides is 1. The molecule has 4 rings (SSSR count). The number of benzene rings is 2. The van der Waals surface area contributed by atoms with Crippen molar-refractivity contribution in [3.8, 4) is 5.75 Å². The summed E-state index contributed by atoms with van der Waals surface area (Å²) in [4.78, 5) is 14.9. The second-order valence-corrected chi connectivity index (χ2v) is 6.66. The molecule has 3 aromatic rings. The highest BCUT2D eigenvalue weighted by atomic mass is 16.5. The number of carbonyl (C=O) groups is 1. The Morgan fingerprint density at radius 2 is 2.04 bits per heavy atom. The molecule has 0 fully saturated rings. The molecule has 0 bridgehead atoms. The van der Waals surface area contributed by atoms with E-state index >= 15 is 0 Å². The molecule has 0 unspecified atom stereocenters. The number of nitrogens with zero attached hydrogens (tertiary/aromatic N) is 2. The van der Waals surface area contributed by atoms with Crippen LogP contribution in [-0.2, 0) is 19.5 Å². The molecule has 0 aliphatic carbocycles. The maximum Gasteiger partial charge on any atom is 0.257 e. The van der Waals surface area contributed by atoms with Gasteiger partial charge in [-0.05, 0) is 30.2 Å². The van der Waals surface area contributed by atoms with Crippen LogP contribution in [0.5, 0.6) is 5.75 Å². The van der Waals surface area contributed by atoms with Gasteiger partial charge in [0.25, 0.3) is 5.91 Å². The Labute approximate surface area is 158 Å². The smallest absolute Gasteiger partial charge is 0.257 e. The third kappa shape index (κ3) is 3.85. The zero-order valence-electron chi connectivity index (χ0n) is 15.2. The molecule has 0 saturated carbocycles. The fourth-order valence-corrected chi connectivity index (χ4v) is 3.34. The van der Waals surface area contributed by atoms with E-state index in [-0.39, 0.29) is 5.91 Å². The summed E-state index contributed by atoms with van der Waals surface area (Å²) >= 11 is 0. The van der Waals surface area contributed by atoms with Crippen LogP contribution < -0.4 is 10.1 Å². The molecule has 27 heavy (non-hydrogen) atoms. The first-order valence-corrected chi connectivity index (χ1v) is 9.01. The van der Waals surface area contributed by atoms with E-state index in [0.717, 1.165) is 37.3 Å². The van der Waals surface area contributed by atoms with Crippen molar-refractivity contribution < 1.29 is 9.53 Å². The summed E-state index contributed by atoms with van der Waals surface area (Å²) < 4.78 is 5.18. The fraction of sp³-hybridized carbons (Fsp3) is 0.238. The van der Waals surface area contributed by atoms with Crippen LogP contribution in [0.2, 0.25) is 0 Å². The van der Waals surface area contributed by atoms with E-state index in [9.17, 15) is 4.79 Å². The predicted molar refractivity (Wildman–Crippen MR) is 104 cm³/mol. The normalized spacial score (nSPS) is 13.4. The standard InChI is InChI=1S/C21H22N4O2/c1-27-17-9-5-8-16(12-17)21(26)22-20-18-13-25(14-19(18)23-24-20)11-10-15-6-3-2-4-7-15/h2-9,12H,10-11,13-14H2,1H3,(H2,22,23,24,26). The van der Waals surface area contributed by atoms with Crippen LogP contribution in [-0.4, -0.2) is 34.7 Å². The molecule has 0 saturated heterocycles. The number of hydrogen-bond acceptors (Lipinski definition) is 4. The van der Waals surface area contributed by atoms with E-state index in [4.69, 9.17) is 4.74 Å². The first-order chi connectivity index (χ1) is 13.2. The first-order valence-electron chi connectivity index (χ1n) is 9.01. The van der Waals surface area contributed by atoms with Gasteiger partial charge < -0.3 is 10.1 Å². The molecule has 1 aliphatic rings. The lowest BCUT2D eigenvalue weighted by Crippen LogP contribution is -2.20. The second kappa shape index (κ2) is 7.63. The first kappa shape index (κ1) is 17.3. The number of methoxy groups -OCH3 is 1. The van der Waals surface area contributed by atoms with Gasteiger partial charge in [0.1, 0.15) is 5.75 Å². The summed E-state index contributed by atoms with van der Waals surface area (Å²) in [6.07, 6.45) is 1.00. The Morgan fingerprint density at radius 1 is 1.19 bits per heavy atom. The Kier molecular flexibility index (Phi) is 4.89. The average molecular weight is 362 g/mol. The number of nitrogens with one attached hydrogen (secondary N) is 2. The van der Waals surface area contributed by atoms with E-state index < -0.39 is 0 Å². The van der Waals surface area contributed by atoms with Gasteiger partial charge in [0.15, 0.2) is 5.82 Å². The Morgan fingerprint density at radius 3 is 2.85 bits per heavy atom. The van der Waals surface area contributed by atoms with Crippen LogP contribution in [0.15, 0.2) is 54.6 Å². The van der Waals surface area contributed by atoms with Gasteiger partial charge in [-0.3, -0.25) is 14.8 Å². The average Bonchev–Trinajstić information content (AvgIpc) is 3.28. The molecule has 2 heterocycles. The monoisotopic (exact) mass is 362 g/mol. The molecule has 0 spiro atoms. The summed E-state index contributed by atoms with van der Waals surface area (Å²) in [5, 5.41) is 10.3. The van der Waals surface area contributed by atoms with Gasteiger partial charge in [-0.15, -0.1) is 0 Å². The molecular weight excluding hydrogens is 340 g/mol. The number of H-pyrrole nitrogens is 1. The van der Waals surface area contributed by atoms with Gasteiger partial charge in [0, 0.05) is 30.8 Å². The van der Waals surface area contributed by atoms with Crippen LogP contribution >= 0.6 is 0 Å². The van der Waals surface area contributed by atoms with E-state index in [2.05, 4.69) is 44.7 Å². The van der Waals surface area contributed by atoms with Crippen LogP contribution in [0.3, 0.4) is 0 Å². The Balaban J connectivity index is 1.39. The van der Waals surface area contributed by atoms with Crippen molar-refractivity contribution in [2.75, 3.05) is 19.0 Å². The van der Waals surface area contributed by atoms with Crippen molar-refractivity contribution in [3.63, 3.8) is 0 Å². The molecule has 2 aromatic carbocycles. The number of fused-ring (bicyclic) bond motifs is 1. The molecule has 2 N–H and O–H groups in total. The maximum atomic E-state index is 12.5. The van der Waals surface area contributed by atoms with Crippen molar-refractivity contribution in [1.82, 2.24) is 15.1 Å². The van der Waals surface area contributed by atoms with E-state index in [1.54, 1.807) is 25.3 Å². The summed E-state index contributed by atoms with van der Waals surface area (Å²) in [7, 11) is 1.58. The summed E-state index contributed by atoms with van der Waals surface area (Å²) in [6.45, 7) is 2.58. The second-order valence-electron chi connectivity index (χ2n) is 6.66. The SMILES string of the molecule is COc1cccc(C(=O)Nc2n[nH]c3c2CN(CCc2ccccc2)C3)c1. The van der Waals surface area contributed by atoms with Gasteiger partial charge in [-0.2, -0.15) is 5.10 Å². The third-order valence-corrected chi connectivity index (χ3v) is 4.84. The molecule has 1 aliphatic heterocycles. The van der Waals surface area contributed by atoms with Crippen LogP contribution in [0.1, 0.15) is 27.2 Å². The lowest BCUT2D eigenvalue weighted by atomic mass is 10.1. The van der Waals surface area contributed by atoms with Crippen LogP contribution in [0.4, 0.5) is 5.82 Å². The molecule has 0 radical (unpaired) electrons. The number of anilines is 1. The summed E-state index contributed by atoms with van der Waals surface area (Å²) in [5.74, 6) is 1.08. The number of rotatable bonds is 6. The lowest BCUT2D eigenvalue weighted by molar-refractivity contribution is 0.102. The fourth-order valence-electron chi connectivity index (χ4n) is 3.34. The molecule has 138 valence electrons. The Bertz CT molecular complexity index is 936. The molecule has 6 heteroatoms. The minimum Gasteiger partial charge on any atom is -0.497 e. The largest absolute Gasteiger partial charge is 0.497 e. The number of aromatic amines is 1. The number of carbonyl (C=O) groups excluding carboxylic acids is 1. The lowest BCUT2D eigenvalue weighted by Gasteiger charge is -2.15. The van der Waals surface area contributed by atoms with Gasteiger partial charge in [-0.25, -0.2) is 0 Å². The quantitative estimate of drug-likeness (QED) is 0.706. The van der Waals surface area contributed by atoms with E-state index in [1.807, 2.05) is 12.1 Å². The highest BCUT2D eigenvalue weighted by molar-refractivity contribution is 6.04. The number of ether oxygens (including phenoxy) is 1. The molecule has 1 amide bonds. The van der Waals surface area contributed by atoms with E-state index in [1.165, 1.54) is 5.56 Å². The summed E-state index contributed by atoms with van der Waals surface area (Å²) in [5.41, 5.74) is 4.02. The van der Waals surface area contributed by atoms with Gasteiger partial charge >= 0.3 is 0 Å². The predicted octanol–water partition coefficient (Wildman–Crippen LogP) is 3.23. The topological polar surface area (TPSA) is 70.2 Å². The minimum absolute atomic E-state index is 0.189. The van der Waals surface area contributed by atoms with Crippen LogP contribution in [0.25, 0.3) is 0 Å². The number of hydrogen-bond donors (Lipinski definition) is 2. The van der Waals surface area contributed by atoms with Crippen molar-refractivity contribution >= 4 is 11.7 Å². The molecule has 0 atom stereocenters. The van der Waals surface area contributed by atoms with Gasteiger partial charge in [0.2, 0.25) is 0 Å². The molecular formula is C21H22N4O2. The van der Waals surface area contributed by atoms with Crippen molar-refractivity contribution in [2.24, 2.45) is 0 Å². The molecule has 6 nitrogen and oxygen atoms in total. The summed E-state index contributed by atoms with van der Waals surface area (Å²) in [6, 6.07) is 17.6. The van der Waals surface area contributed by atoms with Gasteiger partial charge in [-0.1, -0.05) is 36.4 Å². The molecule has 1 aromatic heterocycles. The maximum absolute atomic E-state index is 12.5. The Hall–Kier alpha value is -3.12. The third-order valence-electron chi connectivity index (χ3n) is 4.84. The van der Waals surface area contributed by atoms with Crippen molar-refractivity contribution in [2.45, 2.75) is 19.5 Å². The number of aromatic nitrogens is 2. The van der Waals surface area contributed by atoms with Crippen molar-refractivity contribution in [1.29, 1.82) is 0 Å². The zero-order valence-corrected chi connectivity index (χ0v) is 15.2.